The fraction of sp³-hybridized carbons (Fsp3) is 0.412. The molecule has 2 aromatic rings. The first kappa shape index (κ1) is 16.9. The molecular formula is C17H21N3O3S. The minimum atomic E-state index is -0.884. The molecule has 0 atom stereocenters. The summed E-state index contributed by atoms with van der Waals surface area (Å²) in [6.07, 6.45) is 1.03. The van der Waals surface area contributed by atoms with Crippen LogP contribution in [0.15, 0.2) is 23.6 Å². The van der Waals surface area contributed by atoms with E-state index in [1.54, 1.807) is 7.11 Å². The summed E-state index contributed by atoms with van der Waals surface area (Å²) in [6, 6.07) is 5.92. The van der Waals surface area contributed by atoms with E-state index in [1.165, 1.54) is 11.3 Å². The van der Waals surface area contributed by atoms with Crippen LogP contribution in [0.1, 0.15) is 18.4 Å². The lowest BCUT2D eigenvalue weighted by atomic mass is 9.90. The molecule has 1 amide bonds. The third kappa shape index (κ3) is 3.43. The van der Waals surface area contributed by atoms with E-state index >= 15 is 0 Å². The van der Waals surface area contributed by atoms with Crippen LogP contribution in [0.3, 0.4) is 0 Å². The van der Waals surface area contributed by atoms with Crippen molar-refractivity contribution in [3.05, 3.63) is 29.1 Å². The van der Waals surface area contributed by atoms with Gasteiger partial charge in [-0.2, -0.15) is 0 Å². The molecule has 128 valence electrons. The molecule has 1 saturated heterocycles. The van der Waals surface area contributed by atoms with Gasteiger partial charge in [0.15, 0.2) is 5.13 Å². The predicted molar refractivity (Wildman–Crippen MR) is 94.4 cm³/mol. The normalized spacial score (nSPS) is 16.6. The number of aryl methyl sites for hydroxylation is 1. The highest BCUT2D eigenvalue weighted by atomic mass is 32.1. The molecule has 1 aromatic carbocycles. The van der Waals surface area contributed by atoms with Gasteiger partial charge in [-0.05, 0) is 31.9 Å². The molecule has 3 N–H and O–H groups in total. The number of ether oxygens (including phenoxy) is 2. The molecule has 6 nitrogen and oxygen atoms in total. The SMILES string of the molecule is COc1ccc(C)cc1-c1csc(NC(=O)C2(N)CCOCC2)n1. The summed E-state index contributed by atoms with van der Waals surface area (Å²) in [4.78, 5) is 17.0. The van der Waals surface area contributed by atoms with E-state index < -0.39 is 5.54 Å². The molecule has 0 bridgehead atoms. The van der Waals surface area contributed by atoms with Crippen LogP contribution in [-0.4, -0.2) is 36.8 Å². The molecule has 0 unspecified atom stereocenters. The van der Waals surface area contributed by atoms with E-state index in [9.17, 15) is 4.79 Å². The van der Waals surface area contributed by atoms with Gasteiger partial charge in [-0.25, -0.2) is 4.98 Å². The summed E-state index contributed by atoms with van der Waals surface area (Å²) in [5.41, 5.74) is 8.11. The third-order valence-electron chi connectivity index (χ3n) is 4.19. The van der Waals surface area contributed by atoms with Crippen molar-refractivity contribution in [2.45, 2.75) is 25.3 Å². The first-order chi connectivity index (χ1) is 11.5. The monoisotopic (exact) mass is 347 g/mol. The number of carbonyl (C=O) groups is 1. The third-order valence-corrected chi connectivity index (χ3v) is 4.95. The molecule has 0 radical (unpaired) electrons. The smallest absolute Gasteiger partial charge is 0.246 e. The number of nitrogens with one attached hydrogen (secondary N) is 1. The number of thiazole rings is 1. The van der Waals surface area contributed by atoms with E-state index in [0.717, 1.165) is 22.6 Å². The van der Waals surface area contributed by atoms with E-state index in [0.29, 0.717) is 31.2 Å². The van der Waals surface area contributed by atoms with Crippen LogP contribution in [0, 0.1) is 6.92 Å². The minimum absolute atomic E-state index is 0.206. The second-order valence-corrected chi connectivity index (χ2v) is 6.82. The Kier molecular flexibility index (Phi) is 4.84. The Bertz CT molecular complexity index is 738. The number of nitrogens with two attached hydrogens (primary N) is 1. The Morgan fingerprint density at radius 3 is 2.88 bits per heavy atom. The highest BCUT2D eigenvalue weighted by Crippen LogP contribution is 2.33. The first-order valence-electron chi connectivity index (χ1n) is 7.80. The Morgan fingerprint density at radius 2 is 2.17 bits per heavy atom. The average Bonchev–Trinajstić information content (AvgIpc) is 3.04. The van der Waals surface area contributed by atoms with Crippen LogP contribution < -0.4 is 15.8 Å². The maximum absolute atomic E-state index is 12.5. The number of methoxy groups -OCH3 is 1. The zero-order valence-corrected chi connectivity index (χ0v) is 14.6. The number of nitrogens with zero attached hydrogens (tertiary/aromatic N) is 1. The van der Waals surface area contributed by atoms with Crippen molar-refractivity contribution in [1.29, 1.82) is 0 Å². The first-order valence-corrected chi connectivity index (χ1v) is 8.68. The van der Waals surface area contributed by atoms with Crippen LogP contribution in [0.2, 0.25) is 0 Å². The van der Waals surface area contributed by atoms with Gasteiger partial charge in [0, 0.05) is 24.2 Å². The molecule has 1 aliphatic rings. The van der Waals surface area contributed by atoms with Crippen LogP contribution in [-0.2, 0) is 9.53 Å². The highest BCUT2D eigenvalue weighted by molar-refractivity contribution is 7.14. The summed E-state index contributed by atoms with van der Waals surface area (Å²) in [5, 5.41) is 5.28. The molecule has 3 rings (SSSR count). The van der Waals surface area contributed by atoms with Crippen molar-refractivity contribution < 1.29 is 14.3 Å². The fourth-order valence-electron chi connectivity index (χ4n) is 2.66. The molecule has 2 heterocycles. The van der Waals surface area contributed by atoms with Crippen molar-refractivity contribution in [2.75, 3.05) is 25.6 Å². The maximum Gasteiger partial charge on any atom is 0.246 e. The van der Waals surface area contributed by atoms with Gasteiger partial charge in [-0.3, -0.25) is 4.79 Å². The molecule has 1 aromatic heterocycles. The van der Waals surface area contributed by atoms with Crippen LogP contribution >= 0.6 is 11.3 Å². The van der Waals surface area contributed by atoms with Crippen molar-refractivity contribution in [2.24, 2.45) is 5.73 Å². The number of anilines is 1. The second-order valence-electron chi connectivity index (χ2n) is 5.96. The quantitative estimate of drug-likeness (QED) is 0.888. The van der Waals surface area contributed by atoms with Crippen LogP contribution in [0.25, 0.3) is 11.3 Å². The van der Waals surface area contributed by atoms with Gasteiger partial charge < -0.3 is 20.5 Å². The molecule has 7 heteroatoms. The number of benzene rings is 1. The molecular weight excluding hydrogens is 326 g/mol. The Hall–Kier alpha value is -1.96. The Morgan fingerprint density at radius 1 is 1.42 bits per heavy atom. The number of amides is 1. The van der Waals surface area contributed by atoms with Gasteiger partial charge in [0.1, 0.15) is 11.3 Å². The number of rotatable bonds is 4. The van der Waals surface area contributed by atoms with E-state index in [2.05, 4.69) is 10.3 Å². The average molecular weight is 347 g/mol. The second kappa shape index (κ2) is 6.88. The number of aromatic nitrogens is 1. The molecule has 0 saturated carbocycles. The zero-order valence-electron chi connectivity index (χ0n) is 13.8. The van der Waals surface area contributed by atoms with Gasteiger partial charge in [0.2, 0.25) is 5.91 Å². The summed E-state index contributed by atoms with van der Waals surface area (Å²) < 4.78 is 10.7. The van der Waals surface area contributed by atoms with Crippen LogP contribution in [0.4, 0.5) is 5.13 Å². The van der Waals surface area contributed by atoms with Gasteiger partial charge in [-0.15, -0.1) is 11.3 Å². The topological polar surface area (TPSA) is 86.5 Å². The number of carbonyl (C=O) groups excluding carboxylic acids is 1. The lowest BCUT2D eigenvalue weighted by Gasteiger charge is -2.31. The van der Waals surface area contributed by atoms with E-state index in [-0.39, 0.29) is 5.91 Å². The molecule has 1 aliphatic heterocycles. The Balaban J connectivity index is 1.79. The molecule has 0 spiro atoms. The summed E-state index contributed by atoms with van der Waals surface area (Å²) in [5.74, 6) is 0.548. The minimum Gasteiger partial charge on any atom is -0.496 e. The van der Waals surface area contributed by atoms with Gasteiger partial charge in [0.05, 0.1) is 12.8 Å². The zero-order chi connectivity index (χ0) is 17.2. The van der Waals surface area contributed by atoms with Crippen molar-refractivity contribution in [1.82, 2.24) is 4.98 Å². The highest BCUT2D eigenvalue weighted by Gasteiger charge is 2.36. The molecule has 0 aliphatic carbocycles. The summed E-state index contributed by atoms with van der Waals surface area (Å²) in [7, 11) is 1.63. The fourth-order valence-corrected chi connectivity index (χ4v) is 3.37. The van der Waals surface area contributed by atoms with Gasteiger partial charge in [0.25, 0.3) is 0 Å². The summed E-state index contributed by atoms with van der Waals surface area (Å²) in [6.45, 7) is 3.03. The van der Waals surface area contributed by atoms with Crippen LogP contribution in [0.5, 0.6) is 5.75 Å². The number of hydrogen-bond donors (Lipinski definition) is 2. The Labute approximate surface area is 145 Å². The van der Waals surface area contributed by atoms with Gasteiger partial charge in [-0.1, -0.05) is 11.6 Å². The standard InChI is InChI=1S/C17H21N3O3S/c1-11-3-4-14(22-2)12(9-11)13-10-24-16(19-13)20-15(21)17(18)5-7-23-8-6-17/h3-4,9-10H,5-8,18H2,1-2H3,(H,19,20,21). The summed E-state index contributed by atoms with van der Waals surface area (Å²) >= 11 is 1.38. The number of hydrogen-bond acceptors (Lipinski definition) is 6. The van der Waals surface area contributed by atoms with Crippen molar-refractivity contribution in [3.63, 3.8) is 0 Å². The van der Waals surface area contributed by atoms with Gasteiger partial charge >= 0.3 is 0 Å². The predicted octanol–water partition coefficient (Wildman–Crippen LogP) is 2.57. The molecule has 1 fully saturated rings. The largest absolute Gasteiger partial charge is 0.496 e. The molecule has 24 heavy (non-hydrogen) atoms. The lowest BCUT2D eigenvalue weighted by molar-refractivity contribution is -0.124. The van der Waals surface area contributed by atoms with E-state index in [4.69, 9.17) is 15.2 Å². The van der Waals surface area contributed by atoms with E-state index in [1.807, 2.05) is 30.5 Å². The lowest BCUT2D eigenvalue weighted by Crippen LogP contribution is -2.54. The van der Waals surface area contributed by atoms with Crippen molar-refractivity contribution >= 4 is 22.4 Å². The van der Waals surface area contributed by atoms with Crippen molar-refractivity contribution in [3.8, 4) is 17.0 Å². The maximum atomic E-state index is 12.5.